The third-order valence-electron chi connectivity index (χ3n) is 3.47. The second kappa shape index (κ2) is 6.51. The van der Waals surface area contributed by atoms with Crippen molar-refractivity contribution in [1.82, 2.24) is 35.1 Å². The Morgan fingerprint density at radius 1 is 0.846 bits per heavy atom. The minimum absolute atomic E-state index is 0.0510. The van der Waals surface area contributed by atoms with Crippen molar-refractivity contribution in [3.05, 3.63) is 48.8 Å². The van der Waals surface area contributed by atoms with Crippen LogP contribution in [0.25, 0.3) is 23.4 Å². The van der Waals surface area contributed by atoms with Crippen LogP contribution in [0.1, 0.15) is 0 Å². The number of para-hydroxylation sites is 1. The fraction of sp³-hybridized carbons (Fsp3) is 0.0625. The predicted molar refractivity (Wildman–Crippen MR) is 93.1 cm³/mol. The van der Waals surface area contributed by atoms with E-state index in [0.717, 1.165) is 5.69 Å². The highest BCUT2D eigenvalue weighted by Crippen LogP contribution is 2.23. The number of aromatic nitrogens is 7. The van der Waals surface area contributed by atoms with Crippen LogP contribution in [-0.4, -0.2) is 42.1 Å². The van der Waals surface area contributed by atoms with Gasteiger partial charge in [-0.2, -0.15) is 19.9 Å². The second-order valence-electron chi connectivity index (χ2n) is 5.21. The molecule has 0 saturated heterocycles. The van der Waals surface area contributed by atoms with Crippen LogP contribution in [0.2, 0.25) is 0 Å². The van der Waals surface area contributed by atoms with Gasteiger partial charge in [-0.05, 0) is 18.2 Å². The molecule has 0 bridgehead atoms. The molecular weight excluding hydrogens is 334 g/mol. The van der Waals surface area contributed by atoms with Crippen LogP contribution in [0.5, 0.6) is 0 Å². The molecule has 2 N–H and O–H groups in total. The van der Waals surface area contributed by atoms with Gasteiger partial charge in [0.15, 0.2) is 0 Å². The lowest BCUT2D eigenvalue weighted by atomic mass is 10.3. The number of rotatable bonds is 4. The Labute approximate surface area is 147 Å². The average Bonchev–Trinajstić information content (AvgIpc) is 3.19. The summed E-state index contributed by atoms with van der Waals surface area (Å²) in [5, 5.41) is 3.88. The van der Waals surface area contributed by atoms with Gasteiger partial charge in [0.05, 0.1) is 0 Å². The third-order valence-corrected chi connectivity index (χ3v) is 3.47. The van der Waals surface area contributed by atoms with Gasteiger partial charge >= 0.3 is 0 Å². The predicted octanol–water partition coefficient (Wildman–Crippen LogP) is 1.73. The molecule has 0 amide bonds. The van der Waals surface area contributed by atoms with E-state index in [1.807, 2.05) is 37.4 Å². The maximum Gasteiger partial charge on any atom is 0.296 e. The zero-order chi connectivity index (χ0) is 17.9. The zero-order valence-electron chi connectivity index (χ0n) is 13.7. The lowest BCUT2D eigenvalue weighted by Crippen LogP contribution is -2.15. The molecule has 0 atom stereocenters. The van der Waals surface area contributed by atoms with Gasteiger partial charge in [-0.15, -0.1) is 0 Å². The second-order valence-corrected chi connectivity index (χ2v) is 5.21. The van der Waals surface area contributed by atoms with Crippen molar-refractivity contribution < 1.29 is 4.52 Å². The molecule has 10 heteroatoms. The third kappa shape index (κ3) is 3.02. The topological polar surface area (TPSA) is 133 Å². The summed E-state index contributed by atoms with van der Waals surface area (Å²) in [6.45, 7) is 0. The molecular formula is C16H13N9O. The number of nitrogen functional groups attached to an aromatic ring is 1. The van der Waals surface area contributed by atoms with Gasteiger partial charge in [0.1, 0.15) is 0 Å². The fourth-order valence-corrected chi connectivity index (χ4v) is 2.21. The molecule has 3 aromatic heterocycles. The van der Waals surface area contributed by atoms with E-state index in [4.69, 9.17) is 10.3 Å². The maximum atomic E-state index is 5.83. The Bertz CT molecular complexity index is 1020. The molecule has 0 aliphatic rings. The van der Waals surface area contributed by atoms with Gasteiger partial charge < -0.3 is 15.2 Å². The Morgan fingerprint density at radius 2 is 1.62 bits per heavy atom. The van der Waals surface area contributed by atoms with E-state index in [9.17, 15) is 0 Å². The monoisotopic (exact) mass is 347 g/mol. The number of anilines is 3. The molecule has 0 fully saturated rings. The summed E-state index contributed by atoms with van der Waals surface area (Å²) in [6.07, 6.45) is 3.17. The van der Waals surface area contributed by atoms with Crippen LogP contribution in [0.15, 0.2) is 53.3 Å². The number of nitrogens with two attached hydrogens (primary N) is 1. The first kappa shape index (κ1) is 15.6. The van der Waals surface area contributed by atoms with Crippen LogP contribution in [0.3, 0.4) is 0 Å². The van der Waals surface area contributed by atoms with Crippen molar-refractivity contribution >= 4 is 17.6 Å². The van der Waals surface area contributed by atoms with Crippen molar-refractivity contribution in [2.45, 2.75) is 0 Å². The van der Waals surface area contributed by atoms with E-state index in [2.05, 4.69) is 35.1 Å². The van der Waals surface area contributed by atoms with E-state index < -0.39 is 0 Å². The van der Waals surface area contributed by atoms with Crippen molar-refractivity contribution in [3.8, 4) is 23.4 Å². The highest BCUT2D eigenvalue weighted by atomic mass is 16.5. The first-order valence-corrected chi connectivity index (χ1v) is 7.62. The number of nitrogens with zero attached hydrogens (tertiary/aromatic N) is 8. The zero-order valence-corrected chi connectivity index (χ0v) is 13.7. The fourth-order valence-electron chi connectivity index (χ4n) is 2.21. The van der Waals surface area contributed by atoms with E-state index in [1.54, 1.807) is 23.4 Å². The Balaban J connectivity index is 1.70. The van der Waals surface area contributed by atoms with Gasteiger partial charge in [-0.3, -0.25) is 0 Å². The van der Waals surface area contributed by atoms with E-state index in [-0.39, 0.29) is 23.5 Å². The lowest BCUT2D eigenvalue weighted by Gasteiger charge is -2.17. The molecule has 4 aromatic rings. The van der Waals surface area contributed by atoms with Gasteiger partial charge in [0.2, 0.25) is 29.4 Å². The lowest BCUT2D eigenvalue weighted by molar-refractivity contribution is 0.429. The molecule has 4 rings (SSSR count). The smallest absolute Gasteiger partial charge is 0.296 e. The molecule has 0 radical (unpaired) electrons. The molecule has 3 heterocycles. The summed E-state index contributed by atoms with van der Waals surface area (Å²) < 4.78 is 5.19. The van der Waals surface area contributed by atoms with Crippen molar-refractivity contribution in [2.75, 3.05) is 17.7 Å². The number of benzene rings is 1. The summed E-state index contributed by atoms with van der Waals surface area (Å²) >= 11 is 0. The summed E-state index contributed by atoms with van der Waals surface area (Å²) in [7, 11) is 1.83. The molecule has 26 heavy (non-hydrogen) atoms. The van der Waals surface area contributed by atoms with Gasteiger partial charge in [-0.25, -0.2) is 9.97 Å². The summed E-state index contributed by atoms with van der Waals surface area (Å²) in [5.74, 6) is 1.26. The van der Waals surface area contributed by atoms with E-state index in [1.165, 1.54) is 0 Å². The molecule has 128 valence electrons. The normalized spacial score (nSPS) is 10.7. The molecule has 1 aromatic carbocycles. The Hall–Kier alpha value is -3.95. The van der Waals surface area contributed by atoms with Gasteiger partial charge in [0.25, 0.3) is 5.89 Å². The van der Waals surface area contributed by atoms with Crippen LogP contribution in [-0.2, 0) is 0 Å². The van der Waals surface area contributed by atoms with Crippen molar-refractivity contribution in [1.29, 1.82) is 0 Å². The molecule has 0 unspecified atom stereocenters. The maximum absolute atomic E-state index is 5.83. The van der Waals surface area contributed by atoms with Crippen LogP contribution in [0.4, 0.5) is 17.6 Å². The standard InChI is InChI=1S/C16H13N9O/c1-25(10-6-3-2-4-7-10)16-22-11(21-15(17)23-16)12-20-14(26-24-12)13-18-8-5-9-19-13/h2-9H,1H3,(H2,17,21,22,23). The number of hydrogen-bond acceptors (Lipinski definition) is 10. The van der Waals surface area contributed by atoms with E-state index >= 15 is 0 Å². The average molecular weight is 347 g/mol. The summed E-state index contributed by atoms with van der Waals surface area (Å²) in [4.78, 5) is 26.8. The quantitative estimate of drug-likeness (QED) is 0.581. The molecule has 0 saturated carbocycles. The van der Waals surface area contributed by atoms with Crippen LogP contribution < -0.4 is 10.6 Å². The Kier molecular flexibility index (Phi) is 3.90. The first-order chi connectivity index (χ1) is 12.7. The molecule has 0 aliphatic heterocycles. The van der Waals surface area contributed by atoms with E-state index in [0.29, 0.717) is 11.8 Å². The largest absolute Gasteiger partial charge is 0.368 e. The minimum atomic E-state index is 0.0510. The van der Waals surface area contributed by atoms with Gasteiger partial charge in [0, 0.05) is 25.1 Å². The highest BCUT2D eigenvalue weighted by molar-refractivity contribution is 5.59. The molecule has 0 aliphatic carbocycles. The number of hydrogen-bond donors (Lipinski definition) is 1. The van der Waals surface area contributed by atoms with Crippen LogP contribution in [0, 0.1) is 0 Å². The van der Waals surface area contributed by atoms with Crippen molar-refractivity contribution in [3.63, 3.8) is 0 Å². The van der Waals surface area contributed by atoms with Gasteiger partial charge in [-0.1, -0.05) is 23.4 Å². The molecule has 0 spiro atoms. The molecule has 10 nitrogen and oxygen atoms in total. The Morgan fingerprint density at radius 3 is 2.38 bits per heavy atom. The first-order valence-electron chi connectivity index (χ1n) is 7.62. The summed E-state index contributed by atoms with van der Waals surface area (Å²) in [5.41, 5.74) is 6.73. The highest BCUT2D eigenvalue weighted by Gasteiger charge is 2.18. The summed E-state index contributed by atoms with van der Waals surface area (Å²) in [6, 6.07) is 11.3. The van der Waals surface area contributed by atoms with Crippen LogP contribution >= 0.6 is 0 Å². The SMILES string of the molecule is CN(c1ccccc1)c1nc(N)nc(-c2noc(-c3ncccn3)n2)n1. The minimum Gasteiger partial charge on any atom is -0.368 e. The van der Waals surface area contributed by atoms with Crippen molar-refractivity contribution in [2.24, 2.45) is 0 Å².